The summed E-state index contributed by atoms with van der Waals surface area (Å²) in [6, 6.07) is 8.46. The Kier molecular flexibility index (Phi) is 2.12. The average Bonchev–Trinajstić information content (AvgIpc) is 2.47. The number of nitrogens with zero attached hydrogens (tertiary/aromatic N) is 2. The van der Waals surface area contributed by atoms with Crippen molar-refractivity contribution in [2.45, 2.75) is 20.8 Å². The molecule has 0 unspecified atom stereocenters. The molecule has 1 aromatic carbocycles. The van der Waals surface area contributed by atoms with Crippen molar-refractivity contribution in [3.63, 3.8) is 0 Å². The van der Waals surface area contributed by atoms with Crippen LogP contribution in [0.2, 0.25) is 0 Å². The molecule has 1 aromatic heterocycles. The van der Waals surface area contributed by atoms with E-state index in [2.05, 4.69) is 46.9 Å². The van der Waals surface area contributed by atoms with Crippen molar-refractivity contribution in [3.05, 3.63) is 47.5 Å². The lowest BCUT2D eigenvalue weighted by Gasteiger charge is -2.04. The number of aryl methyl sites for hydroxylation is 3. The molecule has 0 N–H and O–H groups in total. The number of aromatic nitrogens is 2. The average molecular weight is 186 g/mol. The fourth-order valence-corrected chi connectivity index (χ4v) is 1.58. The van der Waals surface area contributed by atoms with Crippen LogP contribution in [0.25, 0.3) is 5.69 Å². The predicted molar refractivity (Wildman–Crippen MR) is 57.8 cm³/mol. The van der Waals surface area contributed by atoms with Crippen LogP contribution < -0.4 is 0 Å². The van der Waals surface area contributed by atoms with Gasteiger partial charge in [0.25, 0.3) is 0 Å². The molecule has 0 aliphatic heterocycles. The molecule has 2 aromatic rings. The number of rotatable bonds is 1. The maximum Gasteiger partial charge on any atom is 0.110 e. The topological polar surface area (TPSA) is 17.8 Å². The van der Waals surface area contributed by atoms with E-state index in [-0.39, 0.29) is 0 Å². The summed E-state index contributed by atoms with van der Waals surface area (Å²) in [4.78, 5) is 4.37. The Morgan fingerprint density at radius 3 is 2.14 bits per heavy atom. The van der Waals surface area contributed by atoms with E-state index in [1.807, 2.05) is 13.8 Å². The van der Waals surface area contributed by atoms with Crippen molar-refractivity contribution in [1.82, 2.24) is 9.55 Å². The van der Waals surface area contributed by atoms with Gasteiger partial charge < -0.3 is 4.57 Å². The minimum Gasteiger partial charge on any atom is -0.304 e. The van der Waals surface area contributed by atoms with E-state index in [1.54, 1.807) is 0 Å². The minimum absolute atomic E-state index is 1.03. The molecule has 0 radical (unpaired) electrons. The van der Waals surface area contributed by atoms with E-state index in [0.29, 0.717) is 0 Å². The maximum atomic E-state index is 4.37. The molecule has 0 atom stereocenters. The third-order valence-corrected chi connectivity index (χ3v) is 2.31. The van der Waals surface area contributed by atoms with E-state index in [0.717, 1.165) is 11.5 Å². The molecule has 0 aliphatic rings. The van der Waals surface area contributed by atoms with Crippen LogP contribution in [-0.2, 0) is 0 Å². The van der Waals surface area contributed by atoms with E-state index in [9.17, 15) is 0 Å². The molecular weight excluding hydrogens is 172 g/mol. The molecule has 0 spiro atoms. The first-order valence-corrected chi connectivity index (χ1v) is 4.76. The van der Waals surface area contributed by atoms with Crippen LogP contribution in [0.5, 0.6) is 0 Å². The van der Waals surface area contributed by atoms with Crippen molar-refractivity contribution in [2.24, 2.45) is 0 Å². The highest BCUT2D eigenvalue weighted by Crippen LogP contribution is 2.12. The molecule has 2 heteroatoms. The van der Waals surface area contributed by atoms with Crippen LogP contribution in [-0.4, -0.2) is 9.55 Å². The fraction of sp³-hybridized carbons (Fsp3) is 0.250. The van der Waals surface area contributed by atoms with Crippen LogP contribution >= 0.6 is 0 Å². The van der Waals surface area contributed by atoms with Crippen LogP contribution in [0.4, 0.5) is 0 Å². The smallest absolute Gasteiger partial charge is 0.110 e. The molecule has 14 heavy (non-hydrogen) atoms. The molecule has 0 amide bonds. The van der Waals surface area contributed by atoms with Gasteiger partial charge in [-0.1, -0.05) is 17.7 Å². The van der Waals surface area contributed by atoms with Gasteiger partial charge in [-0.3, -0.25) is 0 Å². The van der Waals surface area contributed by atoms with E-state index >= 15 is 0 Å². The standard InChI is InChI=1S/C12H14N2/c1-9-4-6-12(7-5-9)14-8-10(2)13-11(14)3/h4-8H,1-3H3. The Bertz CT molecular complexity index is 438. The molecule has 0 bridgehead atoms. The van der Waals surface area contributed by atoms with Crippen LogP contribution in [0.3, 0.4) is 0 Å². The van der Waals surface area contributed by atoms with Crippen molar-refractivity contribution in [1.29, 1.82) is 0 Å². The molecule has 0 fully saturated rings. The lowest BCUT2D eigenvalue weighted by molar-refractivity contribution is 0.973. The van der Waals surface area contributed by atoms with Gasteiger partial charge in [0.15, 0.2) is 0 Å². The van der Waals surface area contributed by atoms with Crippen LogP contribution in [0, 0.1) is 20.8 Å². The highest BCUT2D eigenvalue weighted by atomic mass is 15.1. The van der Waals surface area contributed by atoms with Crippen LogP contribution in [0.1, 0.15) is 17.1 Å². The second-order valence-electron chi connectivity index (χ2n) is 3.64. The summed E-state index contributed by atoms with van der Waals surface area (Å²) >= 11 is 0. The van der Waals surface area contributed by atoms with Gasteiger partial charge in [-0.05, 0) is 32.9 Å². The molecule has 0 aliphatic carbocycles. The molecule has 0 saturated heterocycles. The summed E-state index contributed by atoms with van der Waals surface area (Å²) < 4.78 is 2.11. The zero-order valence-electron chi connectivity index (χ0n) is 8.78. The Balaban J connectivity index is 2.49. The Morgan fingerprint density at radius 2 is 1.64 bits per heavy atom. The zero-order valence-corrected chi connectivity index (χ0v) is 8.78. The number of benzene rings is 1. The third kappa shape index (κ3) is 1.55. The van der Waals surface area contributed by atoms with Gasteiger partial charge in [0.1, 0.15) is 5.82 Å². The number of imidazole rings is 1. The van der Waals surface area contributed by atoms with Gasteiger partial charge in [0.05, 0.1) is 5.69 Å². The first kappa shape index (κ1) is 9.00. The molecule has 1 heterocycles. The predicted octanol–water partition coefficient (Wildman–Crippen LogP) is 2.80. The van der Waals surface area contributed by atoms with Crippen molar-refractivity contribution in [3.8, 4) is 5.69 Å². The van der Waals surface area contributed by atoms with Crippen molar-refractivity contribution < 1.29 is 0 Å². The lowest BCUT2D eigenvalue weighted by Crippen LogP contribution is -1.94. The van der Waals surface area contributed by atoms with Gasteiger partial charge in [-0.25, -0.2) is 4.98 Å². The summed E-state index contributed by atoms with van der Waals surface area (Å²) in [5.74, 6) is 1.03. The van der Waals surface area contributed by atoms with Gasteiger partial charge in [0, 0.05) is 11.9 Å². The molecule has 2 nitrogen and oxygen atoms in total. The largest absolute Gasteiger partial charge is 0.304 e. The fourth-order valence-electron chi connectivity index (χ4n) is 1.58. The lowest BCUT2D eigenvalue weighted by atomic mass is 10.2. The van der Waals surface area contributed by atoms with Gasteiger partial charge in [-0.2, -0.15) is 0 Å². The zero-order chi connectivity index (χ0) is 10.1. The first-order chi connectivity index (χ1) is 6.66. The second kappa shape index (κ2) is 3.29. The summed E-state index contributed by atoms with van der Waals surface area (Å²) in [6.07, 6.45) is 2.06. The first-order valence-electron chi connectivity index (χ1n) is 4.76. The van der Waals surface area contributed by atoms with E-state index in [1.165, 1.54) is 11.3 Å². The Labute approximate surface area is 84.2 Å². The van der Waals surface area contributed by atoms with Gasteiger partial charge in [0.2, 0.25) is 0 Å². The highest BCUT2D eigenvalue weighted by Gasteiger charge is 2.01. The van der Waals surface area contributed by atoms with Crippen molar-refractivity contribution >= 4 is 0 Å². The molecule has 0 saturated carbocycles. The molecule has 2 rings (SSSR count). The third-order valence-electron chi connectivity index (χ3n) is 2.31. The summed E-state index contributed by atoms with van der Waals surface area (Å²) in [5, 5.41) is 0. The highest BCUT2D eigenvalue weighted by molar-refractivity contribution is 5.36. The Morgan fingerprint density at radius 1 is 1.00 bits per heavy atom. The monoisotopic (exact) mass is 186 g/mol. The van der Waals surface area contributed by atoms with E-state index in [4.69, 9.17) is 0 Å². The van der Waals surface area contributed by atoms with Gasteiger partial charge in [-0.15, -0.1) is 0 Å². The second-order valence-corrected chi connectivity index (χ2v) is 3.64. The molecular formula is C12H14N2. The normalized spacial score (nSPS) is 10.5. The summed E-state index contributed by atoms with van der Waals surface area (Å²) in [5.41, 5.74) is 3.51. The Hall–Kier alpha value is -1.57. The van der Waals surface area contributed by atoms with Crippen LogP contribution in [0.15, 0.2) is 30.5 Å². The maximum absolute atomic E-state index is 4.37. The number of hydrogen-bond donors (Lipinski definition) is 0. The summed E-state index contributed by atoms with van der Waals surface area (Å²) in [7, 11) is 0. The number of hydrogen-bond acceptors (Lipinski definition) is 1. The SMILES string of the molecule is Cc1ccc(-n2cc(C)nc2C)cc1. The van der Waals surface area contributed by atoms with E-state index < -0.39 is 0 Å². The quantitative estimate of drug-likeness (QED) is 0.669. The molecule has 72 valence electrons. The van der Waals surface area contributed by atoms with Crippen molar-refractivity contribution in [2.75, 3.05) is 0 Å². The minimum atomic E-state index is 1.03. The summed E-state index contributed by atoms with van der Waals surface area (Å²) in [6.45, 7) is 6.13. The van der Waals surface area contributed by atoms with Gasteiger partial charge >= 0.3 is 0 Å².